The first-order valence-corrected chi connectivity index (χ1v) is 6.99. The standard InChI is InChI=1S/C11H7Cl2N5S/c12-7-2-1-3-8(13)10(7)11-14-6(5-19-11)4-9-15-17-18-16-9/h1-3,5H,4H2,(H,15,16,17,18). The van der Waals surface area contributed by atoms with Gasteiger partial charge in [0.05, 0.1) is 22.2 Å². The molecule has 0 unspecified atom stereocenters. The Kier molecular flexibility index (Phi) is 3.46. The highest BCUT2D eigenvalue weighted by Gasteiger charge is 2.13. The van der Waals surface area contributed by atoms with Crippen molar-refractivity contribution >= 4 is 34.5 Å². The van der Waals surface area contributed by atoms with Crippen LogP contribution in [0.5, 0.6) is 0 Å². The summed E-state index contributed by atoms with van der Waals surface area (Å²) >= 11 is 13.8. The smallest absolute Gasteiger partial charge is 0.154 e. The zero-order valence-corrected chi connectivity index (χ0v) is 11.8. The minimum Gasteiger partial charge on any atom is -0.242 e. The van der Waals surface area contributed by atoms with Crippen molar-refractivity contribution in [2.75, 3.05) is 0 Å². The summed E-state index contributed by atoms with van der Waals surface area (Å²) in [5.41, 5.74) is 1.63. The van der Waals surface area contributed by atoms with E-state index in [0.717, 1.165) is 16.3 Å². The first-order valence-electron chi connectivity index (χ1n) is 5.35. The minimum atomic E-state index is 0.547. The number of hydrogen-bond donors (Lipinski definition) is 1. The Morgan fingerprint density at radius 2 is 2.00 bits per heavy atom. The van der Waals surface area contributed by atoms with Crippen LogP contribution in [0.25, 0.3) is 10.6 Å². The summed E-state index contributed by atoms with van der Waals surface area (Å²) in [5, 5.41) is 17.5. The molecule has 8 heteroatoms. The van der Waals surface area contributed by atoms with Crippen molar-refractivity contribution in [3.05, 3.63) is 45.1 Å². The largest absolute Gasteiger partial charge is 0.242 e. The van der Waals surface area contributed by atoms with Crippen molar-refractivity contribution in [2.45, 2.75) is 6.42 Å². The van der Waals surface area contributed by atoms with Gasteiger partial charge in [-0.1, -0.05) is 29.3 Å². The van der Waals surface area contributed by atoms with Gasteiger partial charge in [0.25, 0.3) is 0 Å². The first kappa shape index (κ1) is 12.5. The third-order valence-corrected chi connectivity index (χ3v) is 4.00. The lowest BCUT2D eigenvalue weighted by molar-refractivity contribution is 0.881. The number of benzene rings is 1. The predicted molar refractivity (Wildman–Crippen MR) is 74.6 cm³/mol. The van der Waals surface area contributed by atoms with Gasteiger partial charge in [-0.25, -0.2) is 10.1 Å². The second kappa shape index (κ2) is 5.24. The van der Waals surface area contributed by atoms with E-state index in [0.29, 0.717) is 22.3 Å². The maximum atomic E-state index is 6.16. The Morgan fingerprint density at radius 1 is 1.21 bits per heavy atom. The summed E-state index contributed by atoms with van der Waals surface area (Å²) in [4.78, 5) is 4.51. The molecular formula is C11H7Cl2N5S. The lowest BCUT2D eigenvalue weighted by atomic mass is 10.2. The Hall–Kier alpha value is -1.50. The Balaban J connectivity index is 1.93. The number of nitrogens with zero attached hydrogens (tertiary/aromatic N) is 4. The van der Waals surface area contributed by atoms with E-state index in [4.69, 9.17) is 23.2 Å². The van der Waals surface area contributed by atoms with Gasteiger partial charge in [-0.05, 0) is 22.6 Å². The number of aromatic nitrogens is 5. The molecule has 1 aromatic carbocycles. The van der Waals surface area contributed by atoms with Crippen LogP contribution in [-0.4, -0.2) is 25.6 Å². The summed E-state index contributed by atoms with van der Waals surface area (Å²) in [6.07, 6.45) is 0.547. The second-order valence-corrected chi connectivity index (χ2v) is 5.44. The molecule has 0 saturated heterocycles. The first-order chi connectivity index (χ1) is 9.24. The van der Waals surface area contributed by atoms with E-state index in [1.54, 1.807) is 12.1 Å². The number of thiazole rings is 1. The van der Waals surface area contributed by atoms with Crippen LogP contribution in [-0.2, 0) is 6.42 Å². The molecule has 5 nitrogen and oxygen atoms in total. The molecule has 0 saturated carbocycles. The summed E-state index contributed by atoms with van der Waals surface area (Å²) in [5.74, 6) is 0.669. The predicted octanol–water partition coefficient (Wildman–Crippen LogP) is 3.22. The van der Waals surface area contributed by atoms with E-state index in [1.807, 2.05) is 11.4 Å². The summed E-state index contributed by atoms with van der Waals surface area (Å²) in [7, 11) is 0. The number of nitrogens with one attached hydrogen (secondary N) is 1. The molecule has 0 atom stereocenters. The molecule has 3 aromatic rings. The summed E-state index contributed by atoms with van der Waals surface area (Å²) < 4.78 is 0. The molecule has 0 fully saturated rings. The molecule has 3 rings (SSSR count). The monoisotopic (exact) mass is 311 g/mol. The summed E-state index contributed by atoms with van der Waals surface area (Å²) in [6, 6.07) is 5.40. The number of halogens is 2. The highest BCUT2D eigenvalue weighted by atomic mass is 35.5. The van der Waals surface area contributed by atoms with Crippen LogP contribution < -0.4 is 0 Å². The Morgan fingerprint density at radius 3 is 2.68 bits per heavy atom. The van der Waals surface area contributed by atoms with Crippen LogP contribution in [0.3, 0.4) is 0 Å². The van der Waals surface area contributed by atoms with E-state index in [9.17, 15) is 0 Å². The average Bonchev–Trinajstić information content (AvgIpc) is 3.02. The Labute approximate surface area is 122 Å². The van der Waals surface area contributed by atoms with Gasteiger partial charge in [0.2, 0.25) is 0 Å². The molecule has 2 heterocycles. The SMILES string of the molecule is Clc1cccc(Cl)c1-c1nc(Cc2nnn[nH]2)cs1. The molecule has 96 valence electrons. The number of tetrazole rings is 1. The number of H-pyrrole nitrogens is 1. The third kappa shape index (κ3) is 2.60. The van der Waals surface area contributed by atoms with Crippen LogP contribution in [0.2, 0.25) is 10.0 Å². The van der Waals surface area contributed by atoms with E-state index >= 15 is 0 Å². The summed E-state index contributed by atoms with van der Waals surface area (Å²) in [6.45, 7) is 0. The van der Waals surface area contributed by atoms with Crippen molar-refractivity contribution in [1.82, 2.24) is 25.6 Å². The van der Waals surface area contributed by atoms with E-state index in [2.05, 4.69) is 25.6 Å². The van der Waals surface area contributed by atoms with E-state index in [-0.39, 0.29) is 0 Å². The van der Waals surface area contributed by atoms with Crippen molar-refractivity contribution in [1.29, 1.82) is 0 Å². The van der Waals surface area contributed by atoms with Crippen molar-refractivity contribution in [2.24, 2.45) is 0 Å². The van der Waals surface area contributed by atoms with Crippen molar-refractivity contribution < 1.29 is 0 Å². The second-order valence-electron chi connectivity index (χ2n) is 3.77. The highest BCUT2D eigenvalue weighted by molar-refractivity contribution is 7.13. The molecule has 0 radical (unpaired) electrons. The highest BCUT2D eigenvalue weighted by Crippen LogP contribution is 2.36. The van der Waals surface area contributed by atoms with Crippen LogP contribution in [0.15, 0.2) is 23.6 Å². The molecule has 1 N–H and O–H groups in total. The molecule has 0 bridgehead atoms. The van der Waals surface area contributed by atoms with Crippen LogP contribution in [0, 0.1) is 0 Å². The molecule has 2 aromatic heterocycles. The van der Waals surface area contributed by atoms with Gasteiger partial charge in [-0.15, -0.1) is 16.4 Å². The zero-order valence-electron chi connectivity index (χ0n) is 9.47. The zero-order chi connectivity index (χ0) is 13.2. The maximum Gasteiger partial charge on any atom is 0.154 e. The fraction of sp³-hybridized carbons (Fsp3) is 0.0909. The third-order valence-electron chi connectivity index (χ3n) is 2.47. The maximum absolute atomic E-state index is 6.16. The van der Waals surface area contributed by atoms with E-state index in [1.165, 1.54) is 11.3 Å². The van der Waals surface area contributed by atoms with E-state index < -0.39 is 0 Å². The van der Waals surface area contributed by atoms with Gasteiger partial charge in [0, 0.05) is 10.9 Å². The van der Waals surface area contributed by atoms with Gasteiger partial charge in [0.15, 0.2) is 5.82 Å². The van der Waals surface area contributed by atoms with Gasteiger partial charge in [0.1, 0.15) is 5.01 Å². The molecule has 19 heavy (non-hydrogen) atoms. The topological polar surface area (TPSA) is 67.3 Å². The van der Waals surface area contributed by atoms with Gasteiger partial charge >= 0.3 is 0 Å². The minimum absolute atomic E-state index is 0.547. The molecule has 0 aliphatic rings. The normalized spacial score (nSPS) is 10.8. The van der Waals surface area contributed by atoms with Crippen molar-refractivity contribution in [3.8, 4) is 10.6 Å². The molecule has 0 spiro atoms. The van der Waals surface area contributed by atoms with Gasteiger partial charge < -0.3 is 0 Å². The van der Waals surface area contributed by atoms with Gasteiger partial charge in [-0.2, -0.15) is 0 Å². The lowest BCUT2D eigenvalue weighted by Gasteiger charge is -2.02. The van der Waals surface area contributed by atoms with Crippen molar-refractivity contribution in [3.63, 3.8) is 0 Å². The fourth-order valence-corrected chi connectivity index (χ4v) is 3.21. The number of hydrogen-bond acceptors (Lipinski definition) is 5. The molecule has 0 amide bonds. The van der Waals surface area contributed by atoms with Gasteiger partial charge in [-0.3, -0.25) is 0 Å². The fourth-order valence-electron chi connectivity index (χ4n) is 1.63. The van der Waals surface area contributed by atoms with Crippen LogP contribution >= 0.6 is 34.5 Å². The molecule has 0 aliphatic carbocycles. The lowest BCUT2D eigenvalue weighted by Crippen LogP contribution is -1.91. The molecular weight excluding hydrogens is 305 g/mol. The number of rotatable bonds is 3. The van der Waals surface area contributed by atoms with Crippen LogP contribution in [0.4, 0.5) is 0 Å². The molecule has 0 aliphatic heterocycles. The number of aromatic amines is 1. The Bertz CT molecular complexity index is 675. The quantitative estimate of drug-likeness (QED) is 0.806. The average molecular weight is 312 g/mol. The van der Waals surface area contributed by atoms with Crippen LogP contribution in [0.1, 0.15) is 11.5 Å².